The molecule has 0 fully saturated rings. The van der Waals surface area contributed by atoms with Crippen LogP contribution in [0.2, 0.25) is 0 Å². The molecule has 0 aliphatic carbocycles. The average Bonchev–Trinajstić information content (AvgIpc) is 3.07. The fraction of sp³-hybridized carbons (Fsp3) is 0.409. The maximum absolute atomic E-state index is 11.9. The van der Waals surface area contributed by atoms with Crippen LogP contribution in [0.25, 0.3) is 0 Å². The Hall–Kier alpha value is -3.03. The lowest BCUT2D eigenvalue weighted by molar-refractivity contribution is -0.159. The van der Waals surface area contributed by atoms with Gasteiger partial charge in [-0.25, -0.2) is 9.59 Å². The van der Waals surface area contributed by atoms with Crippen molar-refractivity contribution in [3.05, 3.63) is 47.8 Å². The number of fused-ring (bicyclic) bond motifs is 1. The Balaban J connectivity index is 2.00. The number of hydrogen-bond donors (Lipinski definition) is 1. The first-order valence-electron chi connectivity index (χ1n) is 9.40. The lowest BCUT2D eigenvalue weighted by atomic mass is 9.94. The van der Waals surface area contributed by atoms with Crippen LogP contribution in [-0.4, -0.2) is 42.8 Å². The lowest BCUT2D eigenvalue weighted by Crippen LogP contribution is -2.19. The molecule has 0 unspecified atom stereocenters. The van der Waals surface area contributed by atoms with E-state index in [0.29, 0.717) is 29.7 Å². The van der Waals surface area contributed by atoms with Crippen molar-refractivity contribution in [3.63, 3.8) is 0 Å². The maximum Gasteiger partial charge on any atom is 0.344 e. The molecule has 0 aromatic heterocycles. The second-order valence-corrected chi connectivity index (χ2v) is 6.94. The van der Waals surface area contributed by atoms with Crippen LogP contribution >= 0.6 is 0 Å². The first-order valence-corrected chi connectivity index (χ1v) is 9.40. The number of benzene rings is 1. The molecule has 0 spiro atoms. The second-order valence-electron chi connectivity index (χ2n) is 6.94. The van der Waals surface area contributed by atoms with Gasteiger partial charge in [0, 0.05) is 17.5 Å². The number of phenolic OH excluding ortho intramolecular Hbond substituents is 1. The highest BCUT2D eigenvalue weighted by molar-refractivity contribution is 5.98. The third-order valence-corrected chi connectivity index (χ3v) is 4.67. The molecule has 30 heavy (non-hydrogen) atoms. The Bertz CT molecular complexity index is 867. The summed E-state index contributed by atoms with van der Waals surface area (Å²) in [5, 5.41) is 10.6. The number of phenols is 1. The summed E-state index contributed by atoms with van der Waals surface area (Å²) in [4.78, 5) is 35.0. The van der Waals surface area contributed by atoms with Crippen molar-refractivity contribution in [2.75, 3.05) is 13.7 Å². The van der Waals surface area contributed by atoms with Crippen molar-refractivity contribution in [3.8, 4) is 11.5 Å². The van der Waals surface area contributed by atoms with E-state index in [1.807, 2.05) is 19.9 Å². The van der Waals surface area contributed by atoms with E-state index in [1.54, 1.807) is 0 Å². The SMILES string of the molecule is [CH2]C([CH2])OC(=O)COC(=O)CC/C(C)=C/Cc1c(O)c2c(c(C)c1OC)COC2=O. The van der Waals surface area contributed by atoms with Crippen LogP contribution in [0.3, 0.4) is 0 Å². The molecule has 2 rings (SSSR count). The third-order valence-electron chi connectivity index (χ3n) is 4.67. The molecule has 0 atom stereocenters. The molecule has 0 bridgehead atoms. The second kappa shape index (κ2) is 10.1. The van der Waals surface area contributed by atoms with Crippen molar-refractivity contribution in [2.45, 2.75) is 45.8 Å². The van der Waals surface area contributed by atoms with Crippen LogP contribution in [0.5, 0.6) is 11.5 Å². The van der Waals surface area contributed by atoms with Crippen LogP contribution in [0, 0.1) is 20.8 Å². The predicted octanol–water partition coefficient (Wildman–Crippen LogP) is 2.77. The Kier molecular flexibility index (Phi) is 7.86. The summed E-state index contributed by atoms with van der Waals surface area (Å²) >= 11 is 0. The molecule has 1 aliphatic rings. The molecule has 0 saturated heterocycles. The number of carbonyl (C=O) groups excluding carboxylic acids is 3. The van der Waals surface area contributed by atoms with Gasteiger partial charge in [0.15, 0.2) is 6.61 Å². The summed E-state index contributed by atoms with van der Waals surface area (Å²) in [6.45, 7) is 10.1. The molecule has 1 aromatic rings. The Morgan fingerprint density at radius 1 is 1.27 bits per heavy atom. The van der Waals surface area contributed by atoms with Crippen molar-refractivity contribution in [2.24, 2.45) is 0 Å². The van der Waals surface area contributed by atoms with Crippen LogP contribution < -0.4 is 4.74 Å². The van der Waals surface area contributed by atoms with Crippen molar-refractivity contribution in [1.82, 2.24) is 0 Å². The molecular weight excluding hydrogens is 392 g/mol. The van der Waals surface area contributed by atoms with Gasteiger partial charge in [-0.3, -0.25) is 4.79 Å². The molecule has 2 radical (unpaired) electrons. The first kappa shape index (κ1) is 23.3. The largest absolute Gasteiger partial charge is 0.507 e. The maximum atomic E-state index is 11.9. The Morgan fingerprint density at radius 3 is 2.60 bits per heavy atom. The third kappa shape index (κ3) is 5.52. The van der Waals surface area contributed by atoms with E-state index >= 15 is 0 Å². The highest BCUT2D eigenvalue weighted by atomic mass is 16.6. The molecule has 0 saturated carbocycles. The summed E-state index contributed by atoms with van der Waals surface area (Å²) in [7, 11) is 1.50. The zero-order valence-corrected chi connectivity index (χ0v) is 17.4. The smallest absolute Gasteiger partial charge is 0.344 e. The minimum atomic E-state index is -0.764. The van der Waals surface area contributed by atoms with Gasteiger partial charge in [0.2, 0.25) is 0 Å². The van der Waals surface area contributed by atoms with Gasteiger partial charge >= 0.3 is 17.9 Å². The highest BCUT2D eigenvalue weighted by Gasteiger charge is 2.31. The van der Waals surface area contributed by atoms with Crippen LogP contribution in [0.15, 0.2) is 11.6 Å². The van der Waals surface area contributed by atoms with E-state index in [2.05, 4.69) is 18.6 Å². The average molecular weight is 418 g/mol. The molecular formula is C22H26O8. The van der Waals surface area contributed by atoms with Gasteiger partial charge in [-0.2, -0.15) is 0 Å². The van der Waals surface area contributed by atoms with Gasteiger partial charge in [0.05, 0.1) is 7.11 Å². The minimum Gasteiger partial charge on any atom is -0.507 e. The number of hydrogen-bond acceptors (Lipinski definition) is 8. The number of ether oxygens (including phenoxy) is 4. The summed E-state index contributed by atoms with van der Waals surface area (Å²) in [6.07, 6.45) is 1.85. The molecule has 8 nitrogen and oxygen atoms in total. The number of cyclic esters (lactones) is 1. The molecule has 8 heteroatoms. The molecule has 1 heterocycles. The van der Waals surface area contributed by atoms with E-state index in [9.17, 15) is 19.5 Å². The predicted molar refractivity (Wildman–Crippen MR) is 107 cm³/mol. The first-order chi connectivity index (χ1) is 14.1. The zero-order chi connectivity index (χ0) is 22.4. The van der Waals surface area contributed by atoms with Crippen LogP contribution in [0.1, 0.15) is 46.8 Å². The summed E-state index contributed by atoms with van der Waals surface area (Å²) in [5.74, 6) is -1.45. The van der Waals surface area contributed by atoms with Crippen LogP contribution in [0.4, 0.5) is 0 Å². The summed E-state index contributed by atoms with van der Waals surface area (Å²) in [5.41, 5.74) is 2.90. The molecule has 1 aromatic carbocycles. The number of methoxy groups -OCH3 is 1. The Labute approximate surface area is 175 Å². The van der Waals surface area contributed by atoms with Crippen molar-refractivity contribution < 1.29 is 38.4 Å². The fourth-order valence-corrected chi connectivity index (χ4v) is 3.14. The molecule has 162 valence electrons. The van der Waals surface area contributed by atoms with E-state index < -0.39 is 30.6 Å². The van der Waals surface area contributed by atoms with Gasteiger partial charge in [0.1, 0.15) is 29.8 Å². The van der Waals surface area contributed by atoms with Crippen molar-refractivity contribution >= 4 is 17.9 Å². The van der Waals surface area contributed by atoms with Gasteiger partial charge < -0.3 is 24.1 Å². The van der Waals surface area contributed by atoms with Gasteiger partial charge in [-0.1, -0.05) is 11.6 Å². The molecule has 1 aliphatic heterocycles. The standard InChI is InChI=1S/C22H26O8/c1-12(2)30-18(24)11-28-17(23)9-7-13(3)6-8-15-20(25)19-16(10-29-22(19)26)14(4)21(15)27-5/h6,12,25H,1-2,7-11H2,3-5H3/b13-6+. The number of carbonyl (C=O) groups is 3. The number of allylic oxidation sites excluding steroid dienone is 2. The van der Waals surface area contributed by atoms with E-state index in [4.69, 9.17) is 14.2 Å². The highest BCUT2D eigenvalue weighted by Crippen LogP contribution is 2.42. The number of esters is 3. The van der Waals surface area contributed by atoms with E-state index in [0.717, 1.165) is 11.1 Å². The normalized spacial score (nSPS) is 13.1. The van der Waals surface area contributed by atoms with Crippen LogP contribution in [-0.2, 0) is 36.8 Å². The van der Waals surface area contributed by atoms with Gasteiger partial charge in [-0.15, -0.1) is 0 Å². The van der Waals surface area contributed by atoms with E-state index in [1.165, 1.54) is 7.11 Å². The number of aromatic hydroxyl groups is 1. The summed E-state index contributed by atoms with van der Waals surface area (Å²) in [6, 6.07) is 0. The summed E-state index contributed by atoms with van der Waals surface area (Å²) < 4.78 is 20.0. The zero-order valence-electron chi connectivity index (χ0n) is 17.4. The Morgan fingerprint density at radius 2 is 1.97 bits per heavy atom. The number of rotatable bonds is 9. The van der Waals surface area contributed by atoms with Gasteiger partial charge in [0.25, 0.3) is 0 Å². The molecule has 1 N–H and O–H groups in total. The quantitative estimate of drug-likeness (QED) is 0.370. The van der Waals surface area contributed by atoms with Crippen molar-refractivity contribution in [1.29, 1.82) is 0 Å². The minimum absolute atomic E-state index is 0.0758. The molecule has 0 amide bonds. The van der Waals surface area contributed by atoms with Gasteiger partial charge in [-0.05, 0) is 46.1 Å². The topological polar surface area (TPSA) is 108 Å². The fourth-order valence-electron chi connectivity index (χ4n) is 3.14. The van der Waals surface area contributed by atoms with E-state index in [-0.39, 0.29) is 24.3 Å². The monoisotopic (exact) mass is 418 g/mol. The lowest BCUT2D eigenvalue weighted by Gasteiger charge is -2.15.